The van der Waals surface area contributed by atoms with E-state index in [2.05, 4.69) is 6.58 Å². The molecule has 5 nitrogen and oxygen atoms in total. The van der Waals surface area contributed by atoms with Gasteiger partial charge in [-0.05, 0) is 31.5 Å². The lowest BCUT2D eigenvalue weighted by molar-refractivity contribution is -0.122. The van der Waals surface area contributed by atoms with E-state index < -0.39 is 9.84 Å². The van der Waals surface area contributed by atoms with Crippen LogP contribution in [0.25, 0.3) is 0 Å². The molecule has 1 heterocycles. The van der Waals surface area contributed by atoms with Gasteiger partial charge in [0.25, 0.3) is 0 Å². The molecule has 1 aliphatic heterocycles. The van der Waals surface area contributed by atoms with Gasteiger partial charge < -0.3 is 9.64 Å². The summed E-state index contributed by atoms with van der Waals surface area (Å²) in [5.41, 5.74) is 1.46. The Balaban J connectivity index is 2.38. The van der Waals surface area contributed by atoms with Crippen molar-refractivity contribution in [1.82, 2.24) is 0 Å². The number of allylic oxidation sites excluding steroid dienone is 1. The number of sulfone groups is 1. The number of nitrogens with zero attached hydrogens (tertiary/aromatic N) is 1. The number of carbonyl (C=O) groups excluding carboxylic acids is 1. The van der Waals surface area contributed by atoms with Crippen LogP contribution in [0.5, 0.6) is 5.75 Å². The Hall–Kier alpha value is -1.82. The number of hydrogen-bond donors (Lipinski definition) is 0. The first kappa shape index (κ1) is 16.5. The molecule has 0 unspecified atom stereocenters. The van der Waals surface area contributed by atoms with Crippen molar-refractivity contribution in [2.45, 2.75) is 25.2 Å². The van der Waals surface area contributed by atoms with Crippen LogP contribution in [-0.2, 0) is 14.6 Å². The van der Waals surface area contributed by atoms with Gasteiger partial charge in [0, 0.05) is 12.2 Å². The largest absolute Gasteiger partial charge is 0.490 e. The van der Waals surface area contributed by atoms with Crippen molar-refractivity contribution in [3.8, 4) is 5.75 Å². The second kappa shape index (κ2) is 6.12. The van der Waals surface area contributed by atoms with Crippen LogP contribution in [0.15, 0.2) is 35.2 Å². The molecule has 22 heavy (non-hydrogen) atoms. The Morgan fingerprint density at radius 3 is 2.73 bits per heavy atom. The van der Waals surface area contributed by atoms with Crippen molar-refractivity contribution >= 4 is 21.4 Å². The molecule has 0 saturated carbocycles. The Labute approximate surface area is 131 Å². The quantitative estimate of drug-likeness (QED) is 0.798. The fourth-order valence-corrected chi connectivity index (χ4v) is 3.17. The van der Waals surface area contributed by atoms with E-state index in [1.807, 2.05) is 13.8 Å². The second-order valence-corrected chi connectivity index (χ2v) is 7.82. The average Bonchev–Trinajstić information content (AvgIpc) is 2.43. The van der Waals surface area contributed by atoms with Gasteiger partial charge in [-0.15, -0.1) is 6.58 Å². The van der Waals surface area contributed by atoms with Gasteiger partial charge in [-0.3, -0.25) is 4.79 Å². The Kier molecular flexibility index (Phi) is 4.60. The summed E-state index contributed by atoms with van der Waals surface area (Å²) in [5, 5.41) is 0. The summed E-state index contributed by atoms with van der Waals surface area (Å²) < 4.78 is 29.0. The minimum absolute atomic E-state index is 0.0433. The van der Waals surface area contributed by atoms with Crippen molar-refractivity contribution in [1.29, 1.82) is 0 Å². The minimum atomic E-state index is -3.33. The van der Waals surface area contributed by atoms with Crippen LogP contribution in [-0.4, -0.2) is 33.7 Å². The van der Waals surface area contributed by atoms with E-state index in [9.17, 15) is 13.2 Å². The number of ether oxygens (including phenoxy) is 1. The van der Waals surface area contributed by atoms with Crippen molar-refractivity contribution < 1.29 is 17.9 Å². The molecule has 0 aliphatic carbocycles. The SMILES string of the molecule is C=C(C)C[C@H](C)C(=O)N1CCOc2ccc(S(C)(=O)=O)cc21. The molecule has 1 aliphatic rings. The van der Waals surface area contributed by atoms with Crippen LogP contribution in [0, 0.1) is 5.92 Å². The number of hydrogen-bond acceptors (Lipinski definition) is 4. The molecule has 0 spiro atoms. The normalized spacial score (nSPS) is 15.7. The summed E-state index contributed by atoms with van der Waals surface area (Å²) in [7, 11) is -3.33. The molecular formula is C16H21NO4S. The molecule has 1 amide bonds. The lowest BCUT2D eigenvalue weighted by atomic mass is 10.0. The lowest BCUT2D eigenvalue weighted by Gasteiger charge is -2.31. The molecule has 2 rings (SSSR count). The van der Waals surface area contributed by atoms with Gasteiger partial charge in [0.15, 0.2) is 9.84 Å². The number of fused-ring (bicyclic) bond motifs is 1. The van der Waals surface area contributed by atoms with E-state index in [0.717, 1.165) is 11.8 Å². The van der Waals surface area contributed by atoms with Crippen LogP contribution in [0.2, 0.25) is 0 Å². The van der Waals surface area contributed by atoms with Crippen LogP contribution < -0.4 is 9.64 Å². The van der Waals surface area contributed by atoms with Crippen LogP contribution in [0.4, 0.5) is 5.69 Å². The van der Waals surface area contributed by atoms with Gasteiger partial charge in [-0.25, -0.2) is 8.42 Å². The first-order chi connectivity index (χ1) is 10.2. The molecule has 1 atom stereocenters. The third-order valence-corrected chi connectivity index (χ3v) is 4.67. The van der Waals surface area contributed by atoms with Gasteiger partial charge in [-0.1, -0.05) is 12.5 Å². The van der Waals surface area contributed by atoms with Gasteiger partial charge in [-0.2, -0.15) is 0 Å². The molecule has 0 saturated heterocycles. The van der Waals surface area contributed by atoms with E-state index in [0.29, 0.717) is 31.0 Å². The second-order valence-electron chi connectivity index (χ2n) is 5.80. The minimum Gasteiger partial charge on any atom is -0.490 e. The van der Waals surface area contributed by atoms with Crippen molar-refractivity contribution in [2.24, 2.45) is 5.92 Å². The Morgan fingerprint density at radius 1 is 1.45 bits per heavy atom. The molecule has 0 fully saturated rings. The number of amides is 1. The first-order valence-corrected chi connectivity index (χ1v) is 9.02. The lowest BCUT2D eigenvalue weighted by Crippen LogP contribution is -2.41. The van der Waals surface area contributed by atoms with Gasteiger partial charge >= 0.3 is 0 Å². The smallest absolute Gasteiger partial charge is 0.230 e. The number of benzene rings is 1. The number of carbonyl (C=O) groups is 1. The Bertz CT molecular complexity index is 709. The van der Waals surface area contributed by atoms with E-state index >= 15 is 0 Å². The van der Waals surface area contributed by atoms with Gasteiger partial charge in [0.2, 0.25) is 5.91 Å². The molecular weight excluding hydrogens is 302 g/mol. The maximum absolute atomic E-state index is 12.6. The van der Waals surface area contributed by atoms with Gasteiger partial charge in [0.05, 0.1) is 17.1 Å². The number of rotatable bonds is 4. The van der Waals surface area contributed by atoms with Gasteiger partial charge in [0.1, 0.15) is 12.4 Å². The first-order valence-electron chi connectivity index (χ1n) is 7.13. The summed E-state index contributed by atoms with van der Waals surface area (Å²) >= 11 is 0. The third kappa shape index (κ3) is 3.50. The van der Waals surface area contributed by atoms with E-state index in [1.54, 1.807) is 11.0 Å². The van der Waals surface area contributed by atoms with Crippen LogP contribution >= 0.6 is 0 Å². The molecule has 0 N–H and O–H groups in total. The van der Waals surface area contributed by atoms with E-state index in [4.69, 9.17) is 4.74 Å². The fourth-order valence-electron chi connectivity index (χ4n) is 2.53. The summed E-state index contributed by atoms with van der Waals surface area (Å²) in [6.07, 6.45) is 1.76. The van der Waals surface area contributed by atoms with E-state index in [1.165, 1.54) is 12.1 Å². The maximum atomic E-state index is 12.6. The molecule has 0 radical (unpaired) electrons. The Morgan fingerprint density at radius 2 is 2.14 bits per heavy atom. The molecule has 120 valence electrons. The van der Waals surface area contributed by atoms with Crippen molar-refractivity contribution in [2.75, 3.05) is 24.3 Å². The van der Waals surface area contributed by atoms with E-state index in [-0.39, 0.29) is 16.7 Å². The highest BCUT2D eigenvalue weighted by molar-refractivity contribution is 7.90. The summed E-state index contributed by atoms with van der Waals surface area (Å²) in [4.78, 5) is 14.4. The van der Waals surface area contributed by atoms with Crippen molar-refractivity contribution in [3.05, 3.63) is 30.4 Å². The zero-order valence-electron chi connectivity index (χ0n) is 13.1. The van der Waals surface area contributed by atoms with Crippen molar-refractivity contribution in [3.63, 3.8) is 0 Å². The third-order valence-electron chi connectivity index (χ3n) is 3.56. The van der Waals surface area contributed by atoms with Crippen LogP contribution in [0.1, 0.15) is 20.3 Å². The highest BCUT2D eigenvalue weighted by atomic mass is 32.2. The summed E-state index contributed by atoms with van der Waals surface area (Å²) in [6, 6.07) is 4.61. The average molecular weight is 323 g/mol. The van der Waals surface area contributed by atoms with Crippen LogP contribution in [0.3, 0.4) is 0 Å². The standard InChI is InChI=1S/C16H21NO4S/c1-11(2)9-12(3)16(18)17-7-8-21-15-6-5-13(10-14(15)17)22(4,19)20/h5-6,10,12H,1,7-9H2,2-4H3/t12-/m0/s1. The summed E-state index contributed by atoms with van der Waals surface area (Å²) in [5.74, 6) is 0.290. The summed E-state index contributed by atoms with van der Waals surface area (Å²) in [6.45, 7) is 8.40. The zero-order chi connectivity index (χ0) is 16.5. The fraction of sp³-hybridized carbons (Fsp3) is 0.438. The molecule has 0 aromatic heterocycles. The maximum Gasteiger partial charge on any atom is 0.230 e. The predicted molar refractivity (Wildman–Crippen MR) is 86.0 cm³/mol. The molecule has 1 aromatic carbocycles. The molecule has 1 aromatic rings. The monoisotopic (exact) mass is 323 g/mol. The topological polar surface area (TPSA) is 63.7 Å². The molecule has 0 bridgehead atoms. The predicted octanol–water partition coefficient (Wildman–Crippen LogP) is 2.42. The highest BCUT2D eigenvalue weighted by Crippen LogP contribution is 2.35. The highest BCUT2D eigenvalue weighted by Gasteiger charge is 2.28. The number of anilines is 1. The molecule has 6 heteroatoms. The zero-order valence-corrected chi connectivity index (χ0v) is 13.9.